The number of esters is 1. The number of anilines is 1. The number of halogens is 2. The summed E-state index contributed by atoms with van der Waals surface area (Å²) < 4.78 is 11.4. The average Bonchev–Trinajstić information content (AvgIpc) is 2.71. The van der Waals surface area contributed by atoms with E-state index in [0.29, 0.717) is 36.2 Å². The molecule has 0 aromatic heterocycles. The highest BCUT2D eigenvalue weighted by Crippen LogP contribution is 2.27. The van der Waals surface area contributed by atoms with Crippen molar-refractivity contribution >= 4 is 34.9 Å². The van der Waals surface area contributed by atoms with Crippen LogP contribution in [0.2, 0.25) is 10.0 Å². The number of hydrogen-bond acceptors (Lipinski definition) is 5. The largest absolute Gasteiger partial charge is 0.460 e. The number of benzene rings is 2. The van der Waals surface area contributed by atoms with Gasteiger partial charge in [-0.15, -0.1) is 0 Å². The Morgan fingerprint density at radius 2 is 1.84 bits per heavy atom. The van der Waals surface area contributed by atoms with Gasteiger partial charge in [0.15, 0.2) is 0 Å². The predicted octanol–water partition coefficient (Wildman–Crippen LogP) is 5.71. The number of carbonyl (C=O) groups is 1. The van der Waals surface area contributed by atoms with Crippen LogP contribution in [0.5, 0.6) is 0 Å². The van der Waals surface area contributed by atoms with Crippen LogP contribution in [0, 0.1) is 0 Å². The van der Waals surface area contributed by atoms with Crippen molar-refractivity contribution in [3.05, 3.63) is 63.6 Å². The molecule has 0 radical (unpaired) electrons. The second-order valence-electron chi connectivity index (χ2n) is 8.67. The Kier molecular flexibility index (Phi) is 8.23. The lowest BCUT2D eigenvalue weighted by atomic mass is 10.1. The van der Waals surface area contributed by atoms with Crippen LogP contribution in [0.4, 0.5) is 5.69 Å². The Morgan fingerprint density at radius 1 is 1.16 bits per heavy atom. The van der Waals surface area contributed by atoms with Crippen molar-refractivity contribution in [1.29, 1.82) is 0 Å². The first kappa shape index (κ1) is 23.9. The molecule has 1 unspecified atom stereocenters. The summed E-state index contributed by atoms with van der Waals surface area (Å²) in [6.07, 6.45) is 0.372. The minimum atomic E-state index is -0.447. The maximum absolute atomic E-state index is 12.0. The fourth-order valence-corrected chi connectivity index (χ4v) is 3.99. The third-order valence-electron chi connectivity index (χ3n) is 5.02. The van der Waals surface area contributed by atoms with Crippen LogP contribution < -0.4 is 5.32 Å². The van der Waals surface area contributed by atoms with E-state index in [4.69, 9.17) is 32.7 Å². The second-order valence-corrected chi connectivity index (χ2v) is 9.49. The zero-order chi connectivity index (χ0) is 22.4. The molecule has 1 aliphatic heterocycles. The number of morpholine rings is 1. The quantitative estimate of drug-likeness (QED) is 0.531. The molecule has 0 spiro atoms. The summed E-state index contributed by atoms with van der Waals surface area (Å²) in [5.41, 5.74) is 2.53. The Balaban J connectivity index is 1.51. The molecule has 1 fully saturated rings. The average molecular weight is 465 g/mol. The van der Waals surface area contributed by atoms with Gasteiger partial charge >= 0.3 is 5.97 Å². The summed E-state index contributed by atoms with van der Waals surface area (Å²) in [6, 6.07) is 13.7. The van der Waals surface area contributed by atoms with Gasteiger partial charge < -0.3 is 14.8 Å². The molecule has 1 atom stereocenters. The second kappa shape index (κ2) is 10.7. The lowest BCUT2D eigenvalue weighted by Crippen LogP contribution is -2.39. The lowest BCUT2D eigenvalue weighted by Gasteiger charge is -2.33. The fraction of sp³-hybridized carbons (Fsp3) is 0.458. The first-order valence-electron chi connectivity index (χ1n) is 10.5. The van der Waals surface area contributed by atoms with E-state index in [9.17, 15) is 4.79 Å². The van der Waals surface area contributed by atoms with Crippen LogP contribution in [-0.2, 0) is 20.8 Å². The van der Waals surface area contributed by atoms with Crippen molar-refractivity contribution in [2.45, 2.75) is 45.4 Å². The van der Waals surface area contributed by atoms with Crippen molar-refractivity contribution in [3.8, 4) is 0 Å². The van der Waals surface area contributed by atoms with Gasteiger partial charge in [-0.1, -0.05) is 41.4 Å². The topological polar surface area (TPSA) is 50.8 Å². The Morgan fingerprint density at radius 3 is 2.48 bits per heavy atom. The molecule has 1 aliphatic rings. The van der Waals surface area contributed by atoms with Gasteiger partial charge in [-0.25, -0.2) is 0 Å². The van der Waals surface area contributed by atoms with Gasteiger partial charge in [-0.3, -0.25) is 9.69 Å². The molecule has 0 saturated carbocycles. The molecule has 0 aliphatic carbocycles. The van der Waals surface area contributed by atoms with Crippen molar-refractivity contribution in [1.82, 2.24) is 4.90 Å². The van der Waals surface area contributed by atoms with Crippen molar-refractivity contribution < 1.29 is 14.3 Å². The van der Waals surface area contributed by atoms with Crippen molar-refractivity contribution in [3.63, 3.8) is 0 Å². The SMILES string of the molecule is CC(C)(C)OC(=O)CCN1CCOC(c2ccc(NCc3c(Cl)cccc3Cl)cc2)C1. The van der Waals surface area contributed by atoms with E-state index in [1.165, 1.54) is 0 Å². The van der Waals surface area contributed by atoms with Gasteiger partial charge in [-0.05, 0) is 50.6 Å². The van der Waals surface area contributed by atoms with Crippen LogP contribution in [-0.4, -0.2) is 42.7 Å². The van der Waals surface area contributed by atoms with E-state index in [0.717, 1.165) is 29.9 Å². The summed E-state index contributed by atoms with van der Waals surface area (Å²) in [7, 11) is 0. The van der Waals surface area contributed by atoms with Gasteiger partial charge in [0.2, 0.25) is 0 Å². The fourth-order valence-electron chi connectivity index (χ4n) is 3.46. The summed E-state index contributed by atoms with van der Waals surface area (Å²) in [5, 5.41) is 4.66. The zero-order valence-corrected chi connectivity index (χ0v) is 19.8. The van der Waals surface area contributed by atoms with Gasteiger partial charge in [0, 0.05) is 47.5 Å². The number of carbonyl (C=O) groups excluding carboxylic acids is 1. The van der Waals surface area contributed by atoms with Crippen LogP contribution >= 0.6 is 23.2 Å². The molecule has 3 rings (SSSR count). The molecule has 1 N–H and O–H groups in total. The molecule has 0 bridgehead atoms. The van der Waals surface area contributed by atoms with E-state index in [1.807, 2.05) is 51.1 Å². The van der Waals surface area contributed by atoms with Crippen LogP contribution in [0.3, 0.4) is 0 Å². The predicted molar refractivity (Wildman–Crippen MR) is 126 cm³/mol. The third kappa shape index (κ3) is 7.39. The third-order valence-corrected chi connectivity index (χ3v) is 5.72. The molecule has 5 nitrogen and oxygen atoms in total. The van der Waals surface area contributed by atoms with Gasteiger partial charge in [0.25, 0.3) is 0 Å². The maximum atomic E-state index is 12.0. The monoisotopic (exact) mass is 464 g/mol. The molecule has 31 heavy (non-hydrogen) atoms. The van der Waals surface area contributed by atoms with Gasteiger partial charge in [0.1, 0.15) is 5.60 Å². The number of hydrogen-bond donors (Lipinski definition) is 1. The lowest BCUT2D eigenvalue weighted by molar-refractivity contribution is -0.155. The highest BCUT2D eigenvalue weighted by atomic mass is 35.5. The molecule has 2 aromatic carbocycles. The number of ether oxygens (including phenoxy) is 2. The van der Waals surface area contributed by atoms with E-state index in [2.05, 4.69) is 22.3 Å². The molecular weight excluding hydrogens is 435 g/mol. The summed E-state index contributed by atoms with van der Waals surface area (Å²) in [4.78, 5) is 14.2. The summed E-state index contributed by atoms with van der Waals surface area (Å²) in [5.74, 6) is -0.162. The highest BCUT2D eigenvalue weighted by molar-refractivity contribution is 6.36. The highest BCUT2D eigenvalue weighted by Gasteiger charge is 2.23. The van der Waals surface area contributed by atoms with Crippen LogP contribution in [0.1, 0.15) is 44.4 Å². The number of nitrogens with zero attached hydrogens (tertiary/aromatic N) is 1. The smallest absolute Gasteiger partial charge is 0.307 e. The standard InChI is InChI=1S/C24H30Cl2N2O3/c1-24(2,3)31-23(29)11-12-28-13-14-30-22(16-28)17-7-9-18(10-8-17)27-15-19-20(25)5-4-6-21(19)26/h4-10,22,27H,11-16H2,1-3H3. The molecule has 2 aromatic rings. The van der Waals surface area contributed by atoms with E-state index in [-0.39, 0.29) is 12.1 Å². The number of rotatable bonds is 7. The van der Waals surface area contributed by atoms with Crippen molar-refractivity contribution in [2.75, 3.05) is 31.6 Å². The molecule has 1 heterocycles. The zero-order valence-electron chi connectivity index (χ0n) is 18.3. The minimum absolute atomic E-state index is 0.0144. The first-order valence-corrected chi connectivity index (χ1v) is 11.3. The summed E-state index contributed by atoms with van der Waals surface area (Å²) in [6.45, 7) is 9.10. The number of nitrogens with one attached hydrogen (secondary N) is 1. The normalized spacial score (nSPS) is 17.4. The molecule has 168 valence electrons. The van der Waals surface area contributed by atoms with Gasteiger partial charge in [0.05, 0.1) is 19.1 Å². The minimum Gasteiger partial charge on any atom is -0.460 e. The van der Waals surface area contributed by atoms with E-state index < -0.39 is 5.60 Å². The van der Waals surface area contributed by atoms with E-state index in [1.54, 1.807) is 0 Å². The van der Waals surface area contributed by atoms with E-state index >= 15 is 0 Å². The Labute approximate surface area is 194 Å². The summed E-state index contributed by atoms with van der Waals surface area (Å²) >= 11 is 12.5. The maximum Gasteiger partial charge on any atom is 0.307 e. The van der Waals surface area contributed by atoms with Crippen molar-refractivity contribution in [2.24, 2.45) is 0 Å². The first-order chi connectivity index (χ1) is 14.7. The molecule has 0 amide bonds. The van der Waals surface area contributed by atoms with Crippen LogP contribution in [0.25, 0.3) is 0 Å². The Hall–Kier alpha value is -1.79. The van der Waals surface area contributed by atoms with Gasteiger partial charge in [-0.2, -0.15) is 0 Å². The Bertz CT molecular complexity index is 861. The molecular formula is C24H30Cl2N2O3. The van der Waals surface area contributed by atoms with Crippen LogP contribution in [0.15, 0.2) is 42.5 Å². The molecule has 1 saturated heterocycles. The molecule has 7 heteroatoms.